The average molecular weight is 482 g/mol. The van der Waals surface area contributed by atoms with E-state index in [2.05, 4.69) is 19.7 Å². The number of carbonyl (C=O) groups is 1. The molecule has 0 aliphatic carbocycles. The largest absolute Gasteiger partial charge is 0.435 e. The Labute approximate surface area is 195 Å². The van der Waals surface area contributed by atoms with Gasteiger partial charge in [0.2, 0.25) is 5.91 Å². The van der Waals surface area contributed by atoms with Crippen LogP contribution in [0.1, 0.15) is 23.6 Å². The Morgan fingerprint density at radius 1 is 1.15 bits per heavy atom. The predicted molar refractivity (Wildman–Crippen MR) is 118 cm³/mol. The maximum absolute atomic E-state index is 12.7. The van der Waals surface area contributed by atoms with Gasteiger partial charge in [-0.15, -0.1) is 0 Å². The number of hydrogen-bond acceptors (Lipinski definition) is 5. The monoisotopic (exact) mass is 482 g/mol. The Morgan fingerprint density at radius 2 is 1.91 bits per heavy atom. The summed E-state index contributed by atoms with van der Waals surface area (Å²) in [5.74, 6) is -1.18. The number of benzene rings is 2. The Kier molecular flexibility index (Phi) is 9.29. The minimum Gasteiger partial charge on any atom is -0.435 e. The molecule has 0 radical (unpaired) electrons. The van der Waals surface area contributed by atoms with Crippen LogP contribution in [0, 0.1) is 0 Å². The average Bonchev–Trinajstić information content (AvgIpc) is 2.77. The van der Waals surface area contributed by atoms with E-state index in [0.29, 0.717) is 6.61 Å². The molecule has 1 unspecified atom stereocenters. The molecule has 1 fully saturated rings. The SMILES string of the molecule is CC1CN(Cc2cccc(CNC(=O)/C=C/c3ccc(OC(F)F)cc3OC(F)F)c2)CCO1. The predicted octanol–water partition coefficient (Wildman–Crippen LogP) is 4.44. The van der Waals surface area contributed by atoms with E-state index in [1.165, 1.54) is 18.2 Å². The summed E-state index contributed by atoms with van der Waals surface area (Å²) < 4.78 is 64.2. The van der Waals surface area contributed by atoms with E-state index in [-0.39, 0.29) is 29.7 Å². The molecule has 1 aliphatic rings. The Morgan fingerprint density at radius 3 is 2.65 bits per heavy atom. The third-order valence-corrected chi connectivity index (χ3v) is 5.03. The van der Waals surface area contributed by atoms with Gasteiger partial charge in [-0.2, -0.15) is 17.6 Å². The minimum absolute atomic E-state index is 0.110. The number of rotatable bonds is 10. The summed E-state index contributed by atoms with van der Waals surface area (Å²) in [6.07, 6.45) is 2.61. The number of alkyl halides is 4. The van der Waals surface area contributed by atoms with Crippen LogP contribution in [0.4, 0.5) is 17.6 Å². The van der Waals surface area contributed by atoms with Crippen molar-refractivity contribution in [2.24, 2.45) is 0 Å². The molecular formula is C24H26F4N2O4. The second-order valence-corrected chi connectivity index (χ2v) is 7.74. The van der Waals surface area contributed by atoms with Crippen LogP contribution >= 0.6 is 0 Å². The number of amides is 1. The maximum atomic E-state index is 12.7. The second-order valence-electron chi connectivity index (χ2n) is 7.74. The van der Waals surface area contributed by atoms with Gasteiger partial charge in [-0.1, -0.05) is 24.3 Å². The first kappa shape index (κ1) is 25.5. The van der Waals surface area contributed by atoms with E-state index in [4.69, 9.17) is 4.74 Å². The molecule has 10 heteroatoms. The lowest BCUT2D eigenvalue weighted by molar-refractivity contribution is -0.116. The molecule has 2 aromatic carbocycles. The summed E-state index contributed by atoms with van der Waals surface area (Å²) in [5, 5.41) is 2.73. The Balaban J connectivity index is 1.58. The highest BCUT2D eigenvalue weighted by Gasteiger charge is 2.17. The van der Waals surface area contributed by atoms with Gasteiger partial charge in [0.05, 0.1) is 12.7 Å². The van der Waals surface area contributed by atoms with Crippen LogP contribution in [0.15, 0.2) is 48.5 Å². The molecule has 0 saturated carbocycles. The van der Waals surface area contributed by atoms with E-state index < -0.39 is 19.1 Å². The highest BCUT2D eigenvalue weighted by atomic mass is 19.3. The van der Waals surface area contributed by atoms with Crippen LogP contribution < -0.4 is 14.8 Å². The number of nitrogens with zero attached hydrogens (tertiary/aromatic N) is 1. The smallest absolute Gasteiger partial charge is 0.387 e. The molecule has 0 spiro atoms. The molecular weight excluding hydrogens is 456 g/mol. The standard InChI is InChI=1S/C24H26F4N2O4/c1-16-14-30(9-10-32-16)15-18-4-2-3-17(11-18)13-29-22(31)8-6-19-5-7-20(33-23(25)26)12-21(19)34-24(27)28/h2-8,11-12,16,23-24H,9-10,13-15H2,1H3,(H,29,31)/b8-6+. The third kappa shape index (κ3) is 8.35. The minimum atomic E-state index is -3.17. The number of hydrogen-bond donors (Lipinski definition) is 1. The molecule has 0 aromatic heterocycles. The summed E-state index contributed by atoms with van der Waals surface area (Å²) in [7, 11) is 0. The lowest BCUT2D eigenvalue weighted by Gasteiger charge is -2.31. The summed E-state index contributed by atoms with van der Waals surface area (Å²) in [6, 6.07) is 11.2. The Bertz CT molecular complexity index is 987. The van der Waals surface area contributed by atoms with Gasteiger partial charge in [-0.25, -0.2) is 0 Å². The number of ether oxygens (including phenoxy) is 3. The molecule has 1 atom stereocenters. The van der Waals surface area contributed by atoms with Gasteiger partial charge in [0.15, 0.2) is 0 Å². The molecule has 1 N–H and O–H groups in total. The fourth-order valence-corrected chi connectivity index (χ4v) is 3.57. The quantitative estimate of drug-likeness (QED) is 0.401. The van der Waals surface area contributed by atoms with E-state index in [9.17, 15) is 22.4 Å². The highest BCUT2D eigenvalue weighted by molar-refractivity contribution is 5.92. The van der Waals surface area contributed by atoms with Gasteiger partial charge in [0.1, 0.15) is 11.5 Å². The molecule has 2 aromatic rings. The van der Waals surface area contributed by atoms with Crippen molar-refractivity contribution in [3.63, 3.8) is 0 Å². The van der Waals surface area contributed by atoms with Crippen molar-refractivity contribution in [3.8, 4) is 11.5 Å². The fraction of sp³-hybridized carbons (Fsp3) is 0.375. The van der Waals surface area contributed by atoms with Crippen molar-refractivity contribution in [1.82, 2.24) is 10.2 Å². The van der Waals surface area contributed by atoms with Gasteiger partial charge in [-0.3, -0.25) is 9.69 Å². The number of morpholine rings is 1. The van der Waals surface area contributed by atoms with Crippen molar-refractivity contribution in [2.45, 2.75) is 39.3 Å². The molecule has 3 rings (SSSR count). The molecule has 6 nitrogen and oxygen atoms in total. The number of carbonyl (C=O) groups excluding carboxylic acids is 1. The first-order valence-corrected chi connectivity index (χ1v) is 10.7. The van der Waals surface area contributed by atoms with Crippen molar-refractivity contribution in [2.75, 3.05) is 19.7 Å². The third-order valence-electron chi connectivity index (χ3n) is 5.03. The van der Waals surface area contributed by atoms with Gasteiger partial charge in [0.25, 0.3) is 0 Å². The fourth-order valence-electron chi connectivity index (χ4n) is 3.57. The number of halogens is 4. The van der Waals surface area contributed by atoms with Crippen LogP contribution in [0.3, 0.4) is 0 Å². The van der Waals surface area contributed by atoms with Crippen molar-refractivity contribution in [1.29, 1.82) is 0 Å². The zero-order valence-electron chi connectivity index (χ0n) is 18.6. The lowest BCUT2D eigenvalue weighted by Crippen LogP contribution is -2.40. The summed E-state index contributed by atoms with van der Waals surface area (Å²) in [6.45, 7) is -0.750. The summed E-state index contributed by atoms with van der Waals surface area (Å²) in [4.78, 5) is 14.6. The number of nitrogens with one attached hydrogen (secondary N) is 1. The van der Waals surface area contributed by atoms with E-state index in [1.807, 2.05) is 31.2 Å². The lowest BCUT2D eigenvalue weighted by atomic mass is 10.1. The van der Waals surface area contributed by atoms with Gasteiger partial charge >= 0.3 is 13.2 Å². The van der Waals surface area contributed by atoms with Crippen LogP contribution in [0.5, 0.6) is 11.5 Å². The van der Waals surface area contributed by atoms with Crippen LogP contribution in [-0.2, 0) is 22.6 Å². The maximum Gasteiger partial charge on any atom is 0.387 e. The zero-order valence-corrected chi connectivity index (χ0v) is 18.6. The van der Waals surface area contributed by atoms with Crippen LogP contribution in [0.25, 0.3) is 6.08 Å². The van der Waals surface area contributed by atoms with Gasteiger partial charge in [0, 0.05) is 43.9 Å². The summed E-state index contributed by atoms with van der Waals surface area (Å²) >= 11 is 0. The summed E-state index contributed by atoms with van der Waals surface area (Å²) in [5.41, 5.74) is 2.14. The van der Waals surface area contributed by atoms with Gasteiger partial charge in [-0.05, 0) is 36.3 Å². The van der Waals surface area contributed by atoms with Crippen LogP contribution in [-0.4, -0.2) is 49.8 Å². The molecule has 1 amide bonds. The molecule has 34 heavy (non-hydrogen) atoms. The van der Waals surface area contributed by atoms with Crippen molar-refractivity contribution >= 4 is 12.0 Å². The normalized spacial score (nSPS) is 16.9. The highest BCUT2D eigenvalue weighted by Crippen LogP contribution is 2.28. The molecule has 184 valence electrons. The molecule has 1 heterocycles. The van der Waals surface area contributed by atoms with E-state index in [1.54, 1.807) is 0 Å². The molecule has 1 aliphatic heterocycles. The first-order chi connectivity index (χ1) is 16.3. The van der Waals surface area contributed by atoms with E-state index >= 15 is 0 Å². The topological polar surface area (TPSA) is 60.0 Å². The van der Waals surface area contributed by atoms with Crippen molar-refractivity contribution < 1.29 is 36.6 Å². The zero-order chi connectivity index (χ0) is 24.5. The van der Waals surface area contributed by atoms with Gasteiger partial charge < -0.3 is 19.5 Å². The van der Waals surface area contributed by atoms with E-state index in [0.717, 1.165) is 42.9 Å². The van der Waals surface area contributed by atoms with Crippen molar-refractivity contribution in [3.05, 3.63) is 65.2 Å². The second kappa shape index (κ2) is 12.4. The Hall–Kier alpha value is -3.11. The first-order valence-electron chi connectivity index (χ1n) is 10.7. The van der Waals surface area contributed by atoms with Crippen LogP contribution in [0.2, 0.25) is 0 Å². The molecule has 1 saturated heterocycles. The molecule has 0 bridgehead atoms.